The lowest BCUT2D eigenvalue weighted by Gasteiger charge is -2.31. The van der Waals surface area contributed by atoms with Gasteiger partial charge in [-0.3, -0.25) is 0 Å². The van der Waals surface area contributed by atoms with Gasteiger partial charge >= 0.3 is 0 Å². The van der Waals surface area contributed by atoms with Crippen LogP contribution >= 0.6 is 22.7 Å². The molecule has 0 amide bonds. The summed E-state index contributed by atoms with van der Waals surface area (Å²) in [6.07, 6.45) is 0. The molecule has 2 aromatic heterocycles. The number of rotatable bonds is 2. The van der Waals surface area contributed by atoms with Crippen LogP contribution in [0.2, 0.25) is 0 Å². The summed E-state index contributed by atoms with van der Waals surface area (Å²) in [5.41, 5.74) is 5.17. The van der Waals surface area contributed by atoms with Gasteiger partial charge in [0.15, 0.2) is 0 Å². The molecule has 6 aromatic carbocycles. The topological polar surface area (TPSA) is 0 Å². The number of hydrogen-bond donors (Lipinski definition) is 0. The monoisotopic (exact) mass is 530 g/mol. The van der Waals surface area contributed by atoms with E-state index in [1.165, 1.54) is 73.7 Å². The Morgan fingerprint density at radius 3 is 1.26 bits per heavy atom. The van der Waals surface area contributed by atoms with Crippen LogP contribution in [0.15, 0.2) is 133 Å². The Kier molecular flexibility index (Phi) is 4.38. The standard InChI is InChI=1S/C37H22S2/c1-3-13-25(14-4-1)37(26-15-5-2-6-16-26)35-33(31-27-17-9-7-11-23(27)19-21-29(31)38-35)34-32-28-18-10-8-12-24(28)20-22-30(32)39-36(34)37/h1-22H. The first-order valence-electron chi connectivity index (χ1n) is 13.4. The molecule has 2 heterocycles. The van der Waals surface area contributed by atoms with E-state index >= 15 is 0 Å². The molecule has 8 aromatic rings. The maximum Gasteiger partial charge on any atom is 0.0900 e. The van der Waals surface area contributed by atoms with Crippen LogP contribution in [0.4, 0.5) is 0 Å². The van der Waals surface area contributed by atoms with E-state index in [0.29, 0.717) is 0 Å². The highest BCUT2D eigenvalue weighted by atomic mass is 32.1. The maximum atomic E-state index is 2.34. The molecule has 0 saturated heterocycles. The third-order valence-electron chi connectivity index (χ3n) is 8.50. The molecule has 0 atom stereocenters. The van der Waals surface area contributed by atoms with Gasteiger partial charge in [-0.2, -0.15) is 0 Å². The Morgan fingerprint density at radius 2 is 0.795 bits per heavy atom. The highest BCUT2D eigenvalue weighted by Gasteiger charge is 2.50. The van der Waals surface area contributed by atoms with Gasteiger partial charge in [-0.15, -0.1) is 22.7 Å². The summed E-state index contributed by atoms with van der Waals surface area (Å²) < 4.78 is 2.72. The van der Waals surface area contributed by atoms with Gasteiger partial charge < -0.3 is 0 Å². The van der Waals surface area contributed by atoms with Crippen LogP contribution in [0, 0.1) is 0 Å². The maximum absolute atomic E-state index is 2.34. The van der Waals surface area contributed by atoms with Crippen molar-refractivity contribution in [3.05, 3.63) is 154 Å². The first kappa shape index (κ1) is 21.7. The van der Waals surface area contributed by atoms with E-state index in [9.17, 15) is 0 Å². The van der Waals surface area contributed by atoms with Crippen molar-refractivity contribution in [2.45, 2.75) is 5.41 Å². The van der Waals surface area contributed by atoms with Crippen LogP contribution in [0.3, 0.4) is 0 Å². The van der Waals surface area contributed by atoms with Crippen molar-refractivity contribution in [1.29, 1.82) is 0 Å². The van der Waals surface area contributed by atoms with Crippen LogP contribution in [0.5, 0.6) is 0 Å². The predicted octanol–water partition coefficient (Wildman–Crippen LogP) is 10.8. The fourth-order valence-corrected chi connectivity index (χ4v) is 9.91. The molecule has 1 aliphatic rings. The average molecular weight is 531 g/mol. The lowest BCUT2D eigenvalue weighted by Crippen LogP contribution is -2.26. The molecular formula is C37H22S2. The molecule has 1 aliphatic carbocycles. The lowest BCUT2D eigenvalue weighted by molar-refractivity contribution is 0.802. The van der Waals surface area contributed by atoms with E-state index in [1.807, 2.05) is 22.7 Å². The quantitative estimate of drug-likeness (QED) is 0.208. The molecule has 0 fully saturated rings. The molecular weight excluding hydrogens is 509 g/mol. The highest BCUT2D eigenvalue weighted by Crippen LogP contribution is 2.65. The first-order valence-corrected chi connectivity index (χ1v) is 15.0. The van der Waals surface area contributed by atoms with Crippen LogP contribution in [-0.2, 0) is 5.41 Å². The third-order valence-corrected chi connectivity index (χ3v) is 11.1. The predicted molar refractivity (Wildman–Crippen MR) is 170 cm³/mol. The van der Waals surface area contributed by atoms with Crippen molar-refractivity contribution in [1.82, 2.24) is 0 Å². The molecule has 0 bridgehead atoms. The minimum Gasteiger partial charge on any atom is -0.138 e. The van der Waals surface area contributed by atoms with Crippen molar-refractivity contribution < 1.29 is 0 Å². The normalized spacial score (nSPS) is 13.8. The summed E-state index contributed by atoms with van der Waals surface area (Å²) in [5.74, 6) is 0. The fourth-order valence-electron chi connectivity index (χ4n) is 6.91. The Hall–Kier alpha value is -4.24. The molecule has 9 rings (SSSR count). The van der Waals surface area contributed by atoms with E-state index in [-0.39, 0.29) is 5.41 Å². The molecule has 0 spiro atoms. The van der Waals surface area contributed by atoms with Gasteiger partial charge in [-0.05, 0) is 44.8 Å². The third kappa shape index (κ3) is 2.73. The van der Waals surface area contributed by atoms with Gasteiger partial charge in [-0.1, -0.05) is 121 Å². The van der Waals surface area contributed by atoms with Crippen molar-refractivity contribution in [2.24, 2.45) is 0 Å². The van der Waals surface area contributed by atoms with Crippen LogP contribution in [0.1, 0.15) is 20.9 Å². The van der Waals surface area contributed by atoms with Crippen molar-refractivity contribution in [2.75, 3.05) is 0 Å². The molecule has 39 heavy (non-hydrogen) atoms. The molecule has 182 valence electrons. The van der Waals surface area contributed by atoms with Gasteiger partial charge in [0.25, 0.3) is 0 Å². The minimum atomic E-state index is -0.358. The van der Waals surface area contributed by atoms with E-state index < -0.39 is 0 Å². The van der Waals surface area contributed by atoms with Gasteiger partial charge in [0.1, 0.15) is 0 Å². The molecule has 0 unspecified atom stereocenters. The largest absolute Gasteiger partial charge is 0.138 e. The van der Waals surface area contributed by atoms with E-state index in [1.54, 1.807) is 0 Å². The number of fused-ring (bicyclic) bond motifs is 11. The Balaban J connectivity index is 1.59. The molecule has 0 radical (unpaired) electrons. The minimum absolute atomic E-state index is 0.358. The van der Waals surface area contributed by atoms with Crippen molar-refractivity contribution >= 4 is 64.4 Å². The Bertz CT molecular complexity index is 2050. The molecule has 0 saturated carbocycles. The van der Waals surface area contributed by atoms with E-state index in [2.05, 4.69) is 133 Å². The number of benzene rings is 6. The van der Waals surface area contributed by atoms with Gasteiger partial charge in [-0.25, -0.2) is 0 Å². The second-order valence-corrected chi connectivity index (χ2v) is 12.5. The van der Waals surface area contributed by atoms with E-state index in [4.69, 9.17) is 0 Å². The Morgan fingerprint density at radius 1 is 0.385 bits per heavy atom. The molecule has 2 heteroatoms. The summed E-state index contributed by atoms with van der Waals surface area (Å²) in [6.45, 7) is 0. The van der Waals surface area contributed by atoms with Crippen molar-refractivity contribution in [3.63, 3.8) is 0 Å². The second-order valence-electron chi connectivity index (χ2n) is 10.4. The SMILES string of the molecule is c1ccc(C2(c3ccccc3)c3sc4ccc5ccccc5c4c3-c3c2sc2ccc4ccccc4c32)cc1. The summed E-state index contributed by atoms with van der Waals surface area (Å²) in [6, 6.07) is 49.4. The van der Waals surface area contributed by atoms with Crippen molar-refractivity contribution in [3.8, 4) is 11.1 Å². The zero-order valence-corrected chi connectivity index (χ0v) is 22.7. The van der Waals surface area contributed by atoms with Gasteiger partial charge in [0.2, 0.25) is 0 Å². The Labute approximate surface area is 234 Å². The van der Waals surface area contributed by atoms with Gasteiger partial charge in [0.05, 0.1) is 5.41 Å². The van der Waals surface area contributed by atoms with Crippen LogP contribution in [-0.4, -0.2) is 0 Å². The van der Waals surface area contributed by atoms with E-state index in [0.717, 1.165) is 0 Å². The summed E-state index contributed by atoms with van der Waals surface area (Å²) in [7, 11) is 0. The van der Waals surface area contributed by atoms with Gasteiger partial charge in [0, 0.05) is 41.1 Å². The zero-order chi connectivity index (χ0) is 25.6. The summed E-state index contributed by atoms with van der Waals surface area (Å²) in [5, 5.41) is 8.08. The fraction of sp³-hybridized carbons (Fsp3) is 0.0270. The number of thiophene rings is 2. The average Bonchev–Trinajstić information content (AvgIpc) is 3.65. The second kappa shape index (κ2) is 7.89. The van der Waals surface area contributed by atoms with Crippen LogP contribution in [0.25, 0.3) is 52.8 Å². The smallest absolute Gasteiger partial charge is 0.0900 e. The summed E-state index contributed by atoms with van der Waals surface area (Å²) in [4.78, 5) is 2.89. The zero-order valence-electron chi connectivity index (χ0n) is 21.0. The summed E-state index contributed by atoms with van der Waals surface area (Å²) >= 11 is 3.96. The first-order chi connectivity index (χ1) is 19.4. The number of hydrogen-bond acceptors (Lipinski definition) is 2. The van der Waals surface area contributed by atoms with Crippen LogP contribution < -0.4 is 0 Å². The molecule has 0 aliphatic heterocycles. The molecule has 0 N–H and O–H groups in total. The lowest BCUT2D eigenvalue weighted by atomic mass is 9.74. The highest BCUT2D eigenvalue weighted by molar-refractivity contribution is 7.23. The molecule has 0 nitrogen and oxygen atoms in total.